The Kier molecular flexibility index (Phi) is 4.43. The van der Waals surface area contributed by atoms with Gasteiger partial charge in [0, 0.05) is 12.3 Å². The van der Waals surface area contributed by atoms with Crippen molar-refractivity contribution in [2.45, 2.75) is 39.5 Å². The molecule has 13 heavy (non-hydrogen) atoms. The molecule has 0 aromatic rings. The van der Waals surface area contributed by atoms with Crippen LogP contribution < -0.4 is 5.32 Å². The summed E-state index contributed by atoms with van der Waals surface area (Å²) in [6.45, 7) is 6.32. The lowest BCUT2D eigenvalue weighted by Crippen LogP contribution is -2.29. The van der Waals surface area contributed by atoms with Gasteiger partial charge >= 0.3 is 0 Å². The number of carbonyl (C=O) groups excluding carboxylic acids is 1. The Labute approximate surface area is 81.1 Å². The molecule has 1 unspecified atom stereocenters. The largest absolute Gasteiger partial charge is 0.317 e. The number of piperidine rings is 1. The van der Waals surface area contributed by atoms with Crippen LogP contribution in [0.5, 0.6) is 0 Å². The smallest absolute Gasteiger partial charge is 0.135 e. The van der Waals surface area contributed by atoms with E-state index in [0.29, 0.717) is 11.7 Å². The van der Waals surface area contributed by atoms with Crippen LogP contribution in [0, 0.1) is 11.8 Å². The van der Waals surface area contributed by atoms with Crippen LogP contribution in [0.15, 0.2) is 0 Å². The van der Waals surface area contributed by atoms with Crippen LogP contribution in [-0.4, -0.2) is 18.9 Å². The Morgan fingerprint density at radius 1 is 1.46 bits per heavy atom. The number of Topliss-reactive ketones (excluding diaryl/α,β-unsaturated/α-hetero) is 1. The van der Waals surface area contributed by atoms with Gasteiger partial charge in [-0.3, -0.25) is 4.79 Å². The molecule has 0 radical (unpaired) electrons. The predicted octanol–water partition coefficient (Wildman–Crippen LogP) is 1.99. The van der Waals surface area contributed by atoms with Crippen LogP contribution in [0.25, 0.3) is 0 Å². The van der Waals surface area contributed by atoms with Crippen LogP contribution in [0.3, 0.4) is 0 Å². The van der Waals surface area contributed by atoms with E-state index in [1.807, 2.05) is 6.92 Å². The monoisotopic (exact) mass is 183 g/mol. The van der Waals surface area contributed by atoms with Crippen LogP contribution in [0.2, 0.25) is 0 Å². The van der Waals surface area contributed by atoms with E-state index in [1.165, 1.54) is 12.8 Å². The molecule has 1 saturated heterocycles. The van der Waals surface area contributed by atoms with Gasteiger partial charge in [0.15, 0.2) is 0 Å². The molecule has 2 nitrogen and oxygen atoms in total. The first-order valence-electron chi connectivity index (χ1n) is 5.47. The fraction of sp³-hybridized carbons (Fsp3) is 0.909. The maximum atomic E-state index is 11.6. The summed E-state index contributed by atoms with van der Waals surface area (Å²) in [5.74, 6) is 1.40. The van der Waals surface area contributed by atoms with Gasteiger partial charge in [-0.1, -0.05) is 13.8 Å². The minimum Gasteiger partial charge on any atom is -0.317 e. The predicted molar refractivity (Wildman–Crippen MR) is 54.7 cm³/mol. The highest BCUT2D eigenvalue weighted by Gasteiger charge is 2.19. The van der Waals surface area contributed by atoms with Crippen molar-refractivity contribution < 1.29 is 4.79 Å². The van der Waals surface area contributed by atoms with E-state index < -0.39 is 0 Å². The molecule has 1 N–H and O–H groups in total. The molecule has 76 valence electrons. The quantitative estimate of drug-likeness (QED) is 0.722. The normalized spacial score (nSPS) is 21.4. The van der Waals surface area contributed by atoms with Crippen molar-refractivity contribution in [1.29, 1.82) is 0 Å². The van der Waals surface area contributed by atoms with Crippen LogP contribution in [0.4, 0.5) is 0 Å². The lowest BCUT2D eigenvalue weighted by molar-refractivity contribution is -0.123. The molecule has 0 amide bonds. The number of hydrogen-bond donors (Lipinski definition) is 1. The van der Waals surface area contributed by atoms with Crippen molar-refractivity contribution in [1.82, 2.24) is 5.32 Å². The molecule has 1 aliphatic heterocycles. The van der Waals surface area contributed by atoms with Crippen LogP contribution in [-0.2, 0) is 4.79 Å². The SMILES string of the molecule is CCC(C)C(=O)CC1CCNCC1. The van der Waals surface area contributed by atoms with Gasteiger partial charge in [0.1, 0.15) is 5.78 Å². The molecule has 0 aliphatic carbocycles. The molecule has 1 heterocycles. The van der Waals surface area contributed by atoms with Gasteiger partial charge in [0.25, 0.3) is 0 Å². The van der Waals surface area contributed by atoms with Gasteiger partial charge in [0.2, 0.25) is 0 Å². The maximum absolute atomic E-state index is 11.6. The number of rotatable bonds is 4. The van der Waals surface area contributed by atoms with E-state index in [0.717, 1.165) is 25.9 Å². The number of ketones is 1. The minimum absolute atomic E-state index is 0.273. The summed E-state index contributed by atoms with van der Waals surface area (Å²) in [6, 6.07) is 0. The molecular weight excluding hydrogens is 162 g/mol. The van der Waals surface area contributed by atoms with Gasteiger partial charge in [-0.2, -0.15) is 0 Å². The first kappa shape index (κ1) is 10.7. The van der Waals surface area contributed by atoms with E-state index in [4.69, 9.17) is 0 Å². The number of carbonyl (C=O) groups is 1. The molecule has 0 aromatic heterocycles. The van der Waals surface area contributed by atoms with Crippen molar-refractivity contribution in [2.75, 3.05) is 13.1 Å². The van der Waals surface area contributed by atoms with E-state index in [9.17, 15) is 4.79 Å². The van der Waals surface area contributed by atoms with Crippen molar-refractivity contribution in [3.63, 3.8) is 0 Å². The highest BCUT2D eigenvalue weighted by molar-refractivity contribution is 5.80. The zero-order chi connectivity index (χ0) is 9.68. The lowest BCUT2D eigenvalue weighted by Gasteiger charge is -2.22. The summed E-state index contributed by atoms with van der Waals surface area (Å²) in [7, 11) is 0. The van der Waals surface area contributed by atoms with Crippen LogP contribution >= 0.6 is 0 Å². The molecule has 1 rings (SSSR count). The second-order valence-electron chi connectivity index (χ2n) is 4.17. The molecule has 1 fully saturated rings. The second kappa shape index (κ2) is 5.38. The van der Waals surface area contributed by atoms with E-state index in [-0.39, 0.29) is 5.92 Å². The zero-order valence-corrected chi connectivity index (χ0v) is 8.81. The van der Waals surface area contributed by atoms with E-state index in [2.05, 4.69) is 12.2 Å². The fourth-order valence-corrected chi connectivity index (χ4v) is 1.80. The number of nitrogens with one attached hydrogen (secondary N) is 1. The zero-order valence-electron chi connectivity index (χ0n) is 8.81. The maximum Gasteiger partial charge on any atom is 0.135 e. The Bertz CT molecular complexity index is 161. The third-order valence-corrected chi connectivity index (χ3v) is 3.11. The van der Waals surface area contributed by atoms with Gasteiger partial charge in [-0.25, -0.2) is 0 Å². The summed E-state index contributed by atoms with van der Waals surface area (Å²) < 4.78 is 0. The van der Waals surface area contributed by atoms with Gasteiger partial charge in [0.05, 0.1) is 0 Å². The fourth-order valence-electron chi connectivity index (χ4n) is 1.80. The second-order valence-corrected chi connectivity index (χ2v) is 4.17. The standard InChI is InChI=1S/C11H21NO/c1-3-9(2)11(13)8-10-4-6-12-7-5-10/h9-10,12H,3-8H2,1-2H3. The highest BCUT2D eigenvalue weighted by Crippen LogP contribution is 2.19. The van der Waals surface area contributed by atoms with Crippen molar-refractivity contribution >= 4 is 5.78 Å². The van der Waals surface area contributed by atoms with E-state index >= 15 is 0 Å². The lowest BCUT2D eigenvalue weighted by atomic mass is 9.88. The van der Waals surface area contributed by atoms with Gasteiger partial charge in [-0.05, 0) is 38.3 Å². The molecule has 0 bridgehead atoms. The first-order chi connectivity index (χ1) is 6.24. The molecule has 1 aliphatic rings. The summed E-state index contributed by atoms with van der Waals surface area (Å²) in [6.07, 6.45) is 4.17. The Balaban J connectivity index is 2.26. The third kappa shape index (κ3) is 3.47. The minimum atomic E-state index is 0.273. The summed E-state index contributed by atoms with van der Waals surface area (Å²) in [5.41, 5.74) is 0. The third-order valence-electron chi connectivity index (χ3n) is 3.11. The topological polar surface area (TPSA) is 29.1 Å². The highest BCUT2D eigenvalue weighted by atomic mass is 16.1. The molecule has 0 aromatic carbocycles. The Hall–Kier alpha value is -0.370. The van der Waals surface area contributed by atoms with Gasteiger partial charge in [-0.15, -0.1) is 0 Å². The van der Waals surface area contributed by atoms with Crippen molar-refractivity contribution in [3.05, 3.63) is 0 Å². The van der Waals surface area contributed by atoms with E-state index in [1.54, 1.807) is 0 Å². The first-order valence-corrected chi connectivity index (χ1v) is 5.47. The molecular formula is C11H21NO. The molecule has 1 atom stereocenters. The molecule has 0 spiro atoms. The summed E-state index contributed by atoms with van der Waals surface area (Å²) >= 11 is 0. The summed E-state index contributed by atoms with van der Waals surface area (Å²) in [5, 5.41) is 3.32. The Morgan fingerprint density at radius 2 is 2.08 bits per heavy atom. The number of hydrogen-bond acceptors (Lipinski definition) is 2. The van der Waals surface area contributed by atoms with Crippen LogP contribution in [0.1, 0.15) is 39.5 Å². The van der Waals surface area contributed by atoms with Crippen molar-refractivity contribution in [3.8, 4) is 0 Å². The molecule has 2 heteroatoms. The Morgan fingerprint density at radius 3 is 2.62 bits per heavy atom. The van der Waals surface area contributed by atoms with Gasteiger partial charge < -0.3 is 5.32 Å². The molecule has 0 saturated carbocycles. The average molecular weight is 183 g/mol. The average Bonchev–Trinajstić information content (AvgIpc) is 2.18. The van der Waals surface area contributed by atoms with Crippen molar-refractivity contribution in [2.24, 2.45) is 11.8 Å². The summed E-state index contributed by atoms with van der Waals surface area (Å²) in [4.78, 5) is 11.6.